The van der Waals surface area contributed by atoms with Gasteiger partial charge in [-0.2, -0.15) is 4.31 Å². The fourth-order valence-electron chi connectivity index (χ4n) is 2.54. The standard InChI is InChI=1S/C20H23NO2S/c1-4-6-16-21(20(5-2)18-10-8-7-9-11-18)24(22,23)19-14-12-17(3)13-15-19/h4-5,7-15,20H,1-2,6,16H2,3H3. The molecule has 0 N–H and O–H groups in total. The van der Waals surface area contributed by atoms with E-state index in [4.69, 9.17) is 0 Å². The molecule has 0 saturated carbocycles. The van der Waals surface area contributed by atoms with Crippen molar-refractivity contribution in [2.24, 2.45) is 0 Å². The number of hydrogen-bond donors (Lipinski definition) is 0. The lowest BCUT2D eigenvalue weighted by Gasteiger charge is -2.29. The molecule has 2 aromatic rings. The minimum absolute atomic E-state index is 0.292. The van der Waals surface area contributed by atoms with Crippen molar-refractivity contribution in [1.29, 1.82) is 0 Å². The van der Waals surface area contributed by atoms with Crippen molar-refractivity contribution < 1.29 is 8.42 Å². The van der Waals surface area contributed by atoms with Crippen LogP contribution in [-0.4, -0.2) is 19.3 Å². The molecule has 0 spiro atoms. The Morgan fingerprint density at radius 2 is 1.67 bits per heavy atom. The summed E-state index contributed by atoms with van der Waals surface area (Å²) in [4.78, 5) is 0.292. The predicted molar refractivity (Wildman–Crippen MR) is 99.3 cm³/mol. The Labute approximate surface area is 145 Å². The topological polar surface area (TPSA) is 37.4 Å². The molecule has 4 heteroatoms. The summed E-state index contributed by atoms with van der Waals surface area (Å²) in [6, 6.07) is 16.0. The van der Waals surface area contributed by atoms with E-state index in [9.17, 15) is 8.42 Å². The number of rotatable bonds is 8. The van der Waals surface area contributed by atoms with Gasteiger partial charge < -0.3 is 0 Å². The second kappa shape index (κ2) is 8.08. The smallest absolute Gasteiger partial charge is 0.207 e. The first-order valence-electron chi connectivity index (χ1n) is 7.87. The van der Waals surface area contributed by atoms with Gasteiger partial charge >= 0.3 is 0 Å². The Hall–Kier alpha value is -2.17. The first-order chi connectivity index (χ1) is 11.5. The van der Waals surface area contributed by atoms with E-state index < -0.39 is 16.1 Å². The largest absolute Gasteiger partial charge is 0.243 e. The molecule has 1 unspecified atom stereocenters. The summed E-state index contributed by atoms with van der Waals surface area (Å²) in [6.07, 6.45) is 3.97. The van der Waals surface area contributed by atoms with Crippen molar-refractivity contribution in [3.05, 3.63) is 91.0 Å². The molecule has 0 aliphatic heterocycles. The highest BCUT2D eigenvalue weighted by Crippen LogP contribution is 2.29. The first kappa shape index (κ1) is 18.2. The van der Waals surface area contributed by atoms with E-state index in [2.05, 4.69) is 13.2 Å². The zero-order valence-corrected chi connectivity index (χ0v) is 14.7. The zero-order valence-electron chi connectivity index (χ0n) is 13.9. The van der Waals surface area contributed by atoms with E-state index >= 15 is 0 Å². The van der Waals surface area contributed by atoms with Crippen LogP contribution in [0.3, 0.4) is 0 Å². The summed E-state index contributed by atoms with van der Waals surface area (Å²) < 4.78 is 27.8. The summed E-state index contributed by atoms with van der Waals surface area (Å²) in [7, 11) is -3.64. The Bertz CT molecular complexity index is 780. The normalized spacial score (nSPS) is 12.8. The van der Waals surface area contributed by atoms with Crippen LogP contribution >= 0.6 is 0 Å². The monoisotopic (exact) mass is 341 g/mol. The average molecular weight is 341 g/mol. The Morgan fingerprint density at radius 1 is 1.04 bits per heavy atom. The first-order valence-corrected chi connectivity index (χ1v) is 9.31. The van der Waals surface area contributed by atoms with Crippen LogP contribution in [-0.2, 0) is 10.0 Å². The molecular formula is C20H23NO2S. The van der Waals surface area contributed by atoms with E-state index in [-0.39, 0.29) is 0 Å². The molecule has 0 fully saturated rings. The van der Waals surface area contributed by atoms with Crippen LogP contribution in [0.2, 0.25) is 0 Å². The van der Waals surface area contributed by atoms with Gasteiger partial charge in [0.1, 0.15) is 0 Å². The highest BCUT2D eigenvalue weighted by atomic mass is 32.2. The quantitative estimate of drug-likeness (QED) is 0.664. The third-order valence-electron chi connectivity index (χ3n) is 3.86. The van der Waals surface area contributed by atoms with Crippen LogP contribution in [0.1, 0.15) is 23.6 Å². The van der Waals surface area contributed by atoms with Gasteiger partial charge in [0, 0.05) is 6.54 Å². The molecule has 0 aromatic heterocycles. The van der Waals surface area contributed by atoms with Crippen molar-refractivity contribution in [3.63, 3.8) is 0 Å². The van der Waals surface area contributed by atoms with Crippen LogP contribution in [0.5, 0.6) is 0 Å². The highest BCUT2D eigenvalue weighted by molar-refractivity contribution is 7.89. The van der Waals surface area contributed by atoms with Gasteiger partial charge in [-0.25, -0.2) is 8.42 Å². The molecule has 24 heavy (non-hydrogen) atoms. The van der Waals surface area contributed by atoms with Gasteiger partial charge in [-0.05, 0) is 31.0 Å². The Balaban J connectivity index is 2.48. The van der Waals surface area contributed by atoms with Crippen LogP contribution in [0.4, 0.5) is 0 Å². The van der Waals surface area contributed by atoms with Crippen molar-refractivity contribution in [2.75, 3.05) is 6.54 Å². The fourth-order valence-corrected chi connectivity index (χ4v) is 4.15. The SMILES string of the molecule is C=CCCN(C(C=C)c1ccccc1)S(=O)(=O)c1ccc(C)cc1. The van der Waals surface area contributed by atoms with Crippen molar-refractivity contribution in [2.45, 2.75) is 24.3 Å². The van der Waals surface area contributed by atoms with Gasteiger partial charge in [-0.1, -0.05) is 60.2 Å². The van der Waals surface area contributed by atoms with Crippen molar-refractivity contribution >= 4 is 10.0 Å². The highest BCUT2D eigenvalue weighted by Gasteiger charge is 2.30. The van der Waals surface area contributed by atoms with Crippen LogP contribution in [0.15, 0.2) is 84.8 Å². The fraction of sp³-hybridized carbons (Fsp3) is 0.200. The third-order valence-corrected chi connectivity index (χ3v) is 5.75. The van der Waals surface area contributed by atoms with Gasteiger partial charge in [0.2, 0.25) is 10.0 Å². The maximum atomic E-state index is 13.2. The summed E-state index contributed by atoms with van der Waals surface area (Å²) in [5.41, 5.74) is 1.92. The summed E-state index contributed by atoms with van der Waals surface area (Å²) in [6.45, 7) is 9.85. The molecule has 2 rings (SSSR count). The minimum atomic E-state index is -3.64. The summed E-state index contributed by atoms with van der Waals surface area (Å²) in [5.74, 6) is 0. The van der Waals surface area contributed by atoms with E-state index in [1.807, 2.05) is 49.4 Å². The molecule has 126 valence electrons. The average Bonchev–Trinajstić information content (AvgIpc) is 2.59. The predicted octanol–water partition coefficient (Wildman–Crippen LogP) is 4.49. The second-order valence-electron chi connectivity index (χ2n) is 5.60. The van der Waals surface area contributed by atoms with Crippen molar-refractivity contribution in [1.82, 2.24) is 4.31 Å². The molecule has 3 nitrogen and oxygen atoms in total. The molecule has 1 atom stereocenters. The molecule has 0 amide bonds. The molecule has 0 heterocycles. The second-order valence-corrected chi connectivity index (χ2v) is 7.49. The molecule has 0 aliphatic carbocycles. The van der Waals surface area contributed by atoms with Gasteiger partial charge in [-0.3, -0.25) is 0 Å². The maximum Gasteiger partial charge on any atom is 0.243 e. The molecular weight excluding hydrogens is 318 g/mol. The van der Waals surface area contributed by atoms with Gasteiger partial charge in [0.15, 0.2) is 0 Å². The van der Waals surface area contributed by atoms with E-state index in [1.165, 1.54) is 4.31 Å². The van der Waals surface area contributed by atoms with Crippen LogP contribution in [0, 0.1) is 6.92 Å². The Kier molecular flexibility index (Phi) is 6.12. The number of sulfonamides is 1. The minimum Gasteiger partial charge on any atom is -0.207 e. The van der Waals surface area contributed by atoms with Gasteiger partial charge in [0.25, 0.3) is 0 Å². The number of nitrogens with zero attached hydrogens (tertiary/aromatic N) is 1. The number of benzene rings is 2. The molecule has 2 aromatic carbocycles. The van der Waals surface area contributed by atoms with Crippen LogP contribution < -0.4 is 0 Å². The molecule has 0 saturated heterocycles. The lowest BCUT2D eigenvalue weighted by atomic mass is 10.1. The van der Waals surface area contributed by atoms with Crippen LogP contribution in [0.25, 0.3) is 0 Å². The molecule has 0 aliphatic rings. The summed E-state index contributed by atoms with van der Waals surface area (Å²) in [5, 5.41) is 0. The van der Waals surface area contributed by atoms with Gasteiger partial charge in [-0.15, -0.1) is 13.2 Å². The van der Waals surface area contributed by atoms with Gasteiger partial charge in [0.05, 0.1) is 10.9 Å². The van der Waals surface area contributed by atoms with Crippen molar-refractivity contribution in [3.8, 4) is 0 Å². The van der Waals surface area contributed by atoms with E-state index in [0.29, 0.717) is 17.9 Å². The third kappa shape index (κ3) is 4.02. The molecule has 0 radical (unpaired) electrons. The number of aryl methyl sites for hydroxylation is 1. The Morgan fingerprint density at radius 3 is 2.21 bits per heavy atom. The lowest BCUT2D eigenvalue weighted by Crippen LogP contribution is -2.34. The molecule has 0 bridgehead atoms. The number of hydrogen-bond acceptors (Lipinski definition) is 2. The summed E-state index contributed by atoms with van der Waals surface area (Å²) >= 11 is 0. The maximum absolute atomic E-state index is 13.2. The lowest BCUT2D eigenvalue weighted by molar-refractivity contribution is 0.373. The zero-order chi connectivity index (χ0) is 17.6. The van der Waals surface area contributed by atoms with E-state index in [0.717, 1.165) is 11.1 Å². The van der Waals surface area contributed by atoms with E-state index in [1.54, 1.807) is 24.3 Å².